The van der Waals surface area contributed by atoms with Crippen LogP contribution in [-0.2, 0) is 0 Å². The van der Waals surface area contributed by atoms with Crippen molar-refractivity contribution < 1.29 is 4.74 Å². The van der Waals surface area contributed by atoms with Crippen molar-refractivity contribution in [3.05, 3.63) is 51.7 Å². The van der Waals surface area contributed by atoms with Gasteiger partial charge in [0.25, 0.3) is 5.56 Å². The van der Waals surface area contributed by atoms with Gasteiger partial charge < -0.3 is 14.7 Å². The molecule has 6 heteroatoms. The normalized spacial score (nSPS) is 11.0. The molecular formula is C16H17N3O2S. The fraction of sp³-hybridized carbons (Fsp3) is 0.250. The average molecular weight is 315 g/mol. The Morgan fingerprint density at radius 1 is 1.23 bits per heavy atom. The summed E-state index contributed by atoms with van der Waals surface area (Å²) >= 11 is 5.30. The van der Waals surface area contributed by atoms with Crippen molar-refractivity contribution >= 4 is 23.3 Å². The zero-order valence-electron chi connectivity index (χ0n) is 12.3. The van der Waals surface area contributed by atoms with Gasteiger partial charge in [0.15, 0.2) is 4.77 Å². The second-order valence-electron chi connectivity index (χ2n) is 5.03. The Morgan fingerprint density at radius 2 is 2.00 bits per heavy atom. The first-order valence-electron chi connectivity index (χ1n) is 7.26. The Bertz CT molecular complexity index is 890. The molecule has 0 radical (unpaired) electrons. The predicted octanol–water partition coefficient (Wildman–Crippen LogP) is 3.56. The first kappa shape index (κ1) is 14.6. The number of rotatable bonds is 5. The molecule has 0 fully saturated rings. The van der Waals surface area contributed by atoms with Gasteiger partial charge in [0, 0.05) is 6.20 Å². The number of H-pyrrole nitrogens is 2. The highest BCUT2D eigenvalue weighted by Gasteiger charge is 2.08. The van der Waals surface area contributed by atoms with Gasteiger partial charge in [-0.15, -0.1) is 0 Å². The Balaban J connectivity index is 1.97. The van der Waals surface area contributed by atoms with Crippen molar-refractivity contribution in [2.24, 2.45) is 0 Å². The van der Waals surface area contributed by atoms with Gasteiger partial charge in [-0.1, -0.05) is 13.3 Å². The molecule has 0 spiro atoms. The van der Waals surface area contributed by atoms with Crippen molar-refractivity contribution in [3.63, 3.8) is 0 Å². The summed E-state index contributed by atoms with van der Waals surface area (Å²) in [6.45, 7) is 2.82. The smallest absolute Gasteiger partial charge is 0.283 e. The zero-order chi connectivity index (χ0) is 15.5. The maximum Gasteiger partial charge on any atom is 0.283 e. The van der Waals surface area contributed by atoms with E-state index in [1.54, 1.807) is 12.3 Å². The Kier molecular flexibility index (Phi) is 4.11. The number of nitrogens with one attached hydrogen (secondary N) is 2. The molecule has 2 heterocycles. The van der Waals surface area contributed by atoms with E-state index in [9.17, 15) is 4.79 Å². The second-order valence-corrected chi connectivity index (χ2v) is 5.42. The van der Waals surface area contributed by atoms with Crippen molar-refractivity contribution in [2.45, 2.75) is 19.8 Å². The average Bonchev–Trinajstić information content (AvgIpc) is 2.97. The summed E-state index contributed by atoms with van der Waals surface area (Å²) in [5.41, 5.74) is 1.77. The van der Waals surface area contributed by atoms with Crippen LogP contribution >= 0.6 is 12.2 Å². The molecule has 0 amide bonds. The van der Waals surface area contributed by atoms with Gasteiger partial charge in [0.1, 0.15) is 11.3 Å². The van der Waals surface area contributed by atoms with E-state index in [1.165, 1.54) is 4.57 Å². The summed E-state index contributed by atoms with van der Waals surface area (Å²) in [4.78, 5) is 18.5. The Labute approximate surface area is 132 Å². The molecule has 0 saturated heterocycles. The minimum Gasteiger partial charge on any atom is -0.494 e. The van der Waals surface area contributed by atoms with Crippen LogP contribution in [0.3, 0.4) is 0 Å². The van der Waals surface area contributed by atoms with Crippen molar-refractivity contribution in [2.75, 3.05) is 6.61 Å². The molecular weight excluding hydrogens is 298 g/mol. The molecule has 5 nitrogen and oxygen atoms in total. The van der Waals surface area contributed by atoms with Crippen LogP contribution in [0.4, 0.5) is 0 Å². The van der Waals surface area contributed by atoms with Gasteiger partial charge in [-0.3, -0.25) is 9.36 Å². The topological polar surface area (TPSA) is 62.8 Å². The highest BCUT2D eigenvalue weighted by Crippen LogP contribution is 2.16. The fourth-order valence-corrected chi connectivity index (χ4v) is 2.58. The van der Waals surface area contributed by atoms with E-state index < -0.39 is 0 Å². The van der Waals surface area contributed by atoms with Crippen molar-refractivity contribution in [1.82, 2.24) is 14.5 Å². The molecule has 2 aromatic heterocycles. The summed E-state index contributed by atoms with van der Waals surface area (Å²) < 4.78 is 7.48. The number of benzene rings is 1. The molecule has 114 valence electrons. The molecule has 0 aliphatic rings. The van der Waals surface area contributed by atoms with E-state index in [-0.39, 0.29) is 5.56 Å². The van der Waals surface area contributed by atoms with E-state index in [4.69, 9.17) is 17.0 Å². The van der Waals surface area contributed by atoms with Gasteiger partial charge >= 0.3 is 0 Å². The molecule has 0 bridgehead atoms. The highest BCUT2D eigenvalue weighted by atomic mass is 32.1. The predicted molar refractivity (Wildman–Crippen MR) is 89.5 cm³/mol. The van der Waals surface area contributed by atoms with Crippen LogP contribution in [0.25, 0.3) is 16.7 Å². The third-order valence-electron chi connectivity index (χ3n) is 3.47. The van der Waals surface area contributed by atoms with Gasteiger partial charge in [0.05, 0.1) is 17.8 Å². The largest absolute Gasteiger partial charge is 0.494 e. The third kappa shape index (κ3) is 2.69. The molecule has 0 aliphatic carbocycles. The van der Waals surface area contributed by atoms with Crippen LogP contribution < -0.4 is 10.3 Å². The molecule has 0 atom stereocenters. The highest BCUT2D eigenvalue weighted by molar-refractivity contribution is 7.71. The molecule has 0 saturated carbocycles. The number of hydrogen-bond donors (Lipinski definition) is 2. The first-order chi connectivity index (χ1) is 10.7. The van der Waals surface area contributed by atoms with E-state index in [0.29, 0.717) is 28.1 Å². The van der Waals surface area contributed by atoms with Crippen LogP contribution in [-0.4, -0.2) is 21.1 Å². The van der Waals surface area contributed by atoms with E-state index >= 15 is 0 Å². The van der Waals surface area contributed by atoms with Gasteiger partial charge in [-0.05, 0) is 49.0 Å². The summed E-state index contributed by atoms with van der Waals surface area (Å²) in [6, 6.07) is 9.17. The summed E-state index contributed by atoms with van der Waals surface area (Å²) in [5.74, 6) is 0.793. The van der Waals surface area contributed by atoms with Crippen LogP contribution in [0.1, 0.15) is 19.8 Å². The number of aromatic amines is 2. The van der Waals surface area contributed by atoms with Crippen LogP contribution in [0.15, 0.2) is 41.3 Å². The molecule has 3 aromatic rings. The lowest BCUT2D eigenvalue weighted by Gasteiger charge is -2.09. The molecule has 0 unspecified atom stereocenters. The van der Waals surface area contributed by atoms with Crippen LogP contribution in [0.2, 0.25) is 0 Å². The maximum absolute atomic E-state index is 12.5. The third-order valence-corrected chi connectivity index (χ3v) is 3.75. The number of unbranched alkanes of at least 4 members (excludes halogenated alkanes) is 1. The number of hydrogen-bond acceptors (Lipinski definition) is 3. The van der Waals surface area contributed by atoms with E-state index in [0.717, 1.165) is 18.6 Å². The monoisotopic (exact) mass is 315 g/mol. The summed E-state index contributed by atoms with van der Waals surface area (Å²) in [6.07, 6.45) is 3.83. The van der Waals surface area contributed by atoms with Crippen molar-refractivity contribution in [1.29, 1.82) is 0 Å². The summed E-state index contributed by atoms with van der Waals surface area (Å²) in [5, 5.41) is 0. The van der Waals surface area contributed by atoms with Gasteiger partial charge in [0.2, 0.25) is 0 Å². The standard InChI is InChI=1S/C16H17N3O2S/c1-2-3-10-21-12-6-4-11(5-7-12)19-15(20)14-13(8-9-17-14)18-16(19)22/h4-9,17H,2-3,10H2,1H3,(H,18,22). The number of fused-ring (bicyclic) bond motifs is 1. The number of aromatic nitrogens is 3. The van der Waals surface area contributed by atoms with Gasteiger partial charge in [-0.25, -0.2) is 0 Å². The SMILES string of the molecule is CCCCOc1ccc(-n2c(=S)[nH]c3cc[nH]c3c2=O)cc1. The molecule has 3 rings (SSSR count). The Hall–Kier alpha value is -2.34. The summed E-state index contributed by atoms with van der Waals surface area (Å²) in [7, 11) is 0. The zero-order valence-corrected chi connectivity index (χ0v) is 13.1. The fourth-order valence-electron chi connectivity index (χ4n) is 2.29. The molecule has 22 heavy (non-hydrogen) atoms. The molecule has 0 aliphatic heterocycles. The molecule has 1 aromatic carbocycles. The number of nitrogens with zero attached hydrogens (tertiary/aromatic N) is 1. The first-order valence-corrected chi connectivity index (χ1v) is 7.67. The lowest BCUT2D eigenvalue weighted by atomic mass is 10.3. The van der Waals surface area contributed by atoms with Crippen LogP contribution in [0.5, 0.6) is 5.75 Å². The van der Waals surface area contributed by atoms with Crippen LogP contribution in [0, 0.1) is 4.77 Å². The molecule has 2 N–H and O–H groups in total. The minimum atomic E-state index is -0.164. The minimum absolute atomic E-state index is 0.164. The lowest BCUT2D eigenvalue weighted by Crippen LogP contribution is -2.20. The maximum atomic E-state index is 12.5. The van der Waals surface area contributed by atoms with E-state index in [1.807, 2.05) is 24.3 Å². The van der Waals surface area contributed by atoms with Crippen molar-refractivity contribution in [3.8, 4) is 11.4 Å². The quantitative estimate of drug-likeness (QED) is 0.559. The van der Waals surface area contributed by atoms with E-state index in [2.05, 4.69) is 16.9 Å². The Morgan fingerprint density at radius 3 is 2.73 bits per heavy atom. The second kappa shape index (κ2) is 6.19. The van der Waals surface area contributed by atoms with Gasteiger partial charge in [-0.2, -0.15) is 0 Å². The number of ether oxygens (including phenoxy) is 1. The lowest BCUT2D eigenvalue weighted by molar-refractivity contribution is 0.309.